The maximum absolute atomic E-state index is 12.2. The maximum atomic E-state index is 12.2. The Balaban J connectivity index is 2.33. The lowest BCUT2D eigenvalue weighted by Gasteiger charge is -2.13. The number of hydrogen-bond donors (Lipinski definition) is 2. The molecule has 2 aromatic rings. The summed E-state index contributed by atoms with van der Waals surface area (Å²) in [6.45, 7) is 0. The van der Waals surface area contributed by atoms with Crippen LogP contribution in [0.25, 0.3) is 0 Å². The van der Waals surface area contributed by atoms with Crippen molar-refractivity contribution in [1.29, 1.82) is 0 Å². The molecule has 0 bridgehead atoms. The first-order chi connectivity index (χ1) is 10.7. The Morgan fingerprint density at radius 3 is 2.17 bits per heavy atom. The number of carbonyl (C=O) groups is 2. The second-order valence-corrected chi connectivity index (χ2v) is 6.12. The van der Waals surface area contributed by atoms with Crippen molar-refractivity contribution in [2.75, 3.05) is 4.72 Å². The van der Waals surface area contributed by atoms with E-state index in [4.69, 9.17) is 5.11 Å². The third kappa shape index (κ3) is 3.58. The molecule has 0 fully saturated rings. The Hall–Kier alpha value is -3.07. The lowest BCUT2D eigenvalue weighted by atomic mass is 10.2. The molecular weight excluding hydrogens is 326 g/mol. The summed E-state index contributed by atoms with van der Waals surface area (Å²) in [4.78, 5) is 21.1. The van der Waals surface area contributed by atoms with E-state index in [9.17, 15) is 28.2 Å². The predicted molar refractivity (Wildman–Crippen MR) is 74.4 cm³/mol. The summed E-state index contributed by atoms with van der Waals surface area (Å²) in [5.41, 5.74) is -0.727. The summed E-state index contributed by atoms with van der Waals surface area (Å²) in [7, 11) is -4.13. The quantitative estimate of drug-likeness (QED) is 0.757. The number of benzene rings is 2. The zero-order chi connectivity index (χ0) is 17.2. The van der Waals surface area contributed by atoms with Gasteiger partial charge in [0, 0.05) is 5.69 Å². The van der Waals surface area contributed by atoms with Gasteiger partial charge in [-0.15, -0.1) is 0 Å². The van der Waals surface area contributed by atoms with E-state index in [1.807, 2.05) is 0 Å². The molecule has 0 aliphatic carbocycles. The standard InChI is InChI=1S/C14H11NO7S/c16-12-6-5-10(7-11(12)14(19)20)23(21,22)15-9-3-1-8(2-4-9)13(17)18/h1-7,15-16H,(H,17,18)(H,19,20)/p-2. The Morgan fingerprint density at radius 2 is 1.65 bits per heavy atom. The van der Waals surface area contributed by atoms with Crippen LogP contribution in [0.5, 0.6) is 5.75 Å². The molecule has 8 nitrogen and oxygen atoms in total. The highest BCUT2D eigenvalue weighted by Gasteiger charge is 2.17. The maximum Gasteiger partial charge on any atom is 0.335 e. The van der Waals surface area contributed by atoms with Gasteiger partial charge in [-0.2, -0.15) is 0 Å². The summed E-state index contributed by atoms with van der Waals surface area (Å²) in [6.07, 6.45) is 0. The monoisotopic (exact) mass is 335 g/mol. The molecule has 0 unspecified atom stereocenters. The van der Waals surface area contributed by atoms with E-state index in [1.54, 1.807) is 0 Å². The molecule has 0 aliphatic heterocycles. The van der Waals surface area contributed by atoms with Crippen LogP contribution in [0.1, 0.15) is 20.7 Å². The van der Waals surface area contributed by atoms with Gasteiger partial charge in [0.05, 0.1) is 16.4 Å². The fraction of sp³-hybridized carbons (Fsp3) is 0. The van der Waals surface area contributed by atoms with E-state index in [-0.39, 0.29) is 11.3 Å². The van der Waals surface area contributed by atoms with Crippen LogP contribution in [-0.4, -0.2) is 25.5 Å². The van der Waals surface area contributed by atoms with Crippen LogP contribution >= 0.6 is 0 Å². The van der Waals surface area contributed by atoms with Gasteiger partial charge in [0.25, 0.3) is 10.0 Å². The zero-order valence-electron chi connectivity index (χ0n) is 11.3. The van der Waals surface area contributed by atoms with Gasteiger partial charge in [0.15, 0.2) is 0 Å². The van der Waals surface area contributed by atoms with Gasteiger partial charge in [-0.1, -0.05) is 23.9 Å². The van der Waals surface area contributed by atoms with Gasteiger partial charge in [-0.05, 0) is 29.8 Å². The minimum absolute atomic E-state index is 0.0677. The van der Waals surface area contributed by atoms with E-state index in [2.05, 4.69) is 4.72 Å². The molecule has 0 amide bonds. The fourth-order valence-electron chi connectivity index (χ4n) is 1.73. The SMILES string of the molecule is O=C([O-])c1ccc(NS(=O)(=O)c2ccc([O-])c(C(=O)O)c2)cc1. The summed E-state index contributed by atoms with van der Waals surface area (Å²) in [5, 5.41) is 30.8. The topological polar surface area (TPSA) is 147 Å². The molecule has 0 aromatic heterocycles. The van der Waals surface area contributed by atoms with E-state index < -0.39 is 38.2 Å². The summed E-state index contributed by atoms with van der Waals surface area (Å²) >= 11 is 0. The lowest BCUT2D eigenvalue weighted by molar-refractivity contribution is -0.268. The van der Waals surface area contributed by atoms with Gasteiger partial charge in [-0.3, -0.25) is 4.72 Å². The van der Waals surface area contributed by atoms with E-state index >= 15 is 0 Å². The molecule has 2 rings (SSSR count). The Kier molecular flexibility index (Phi) is 4.23. The third-order valence-electron chi connectivity index (χ3n) is 2.86. The van der Waals surface area contributed by atoms with Crippen molar-refractivity contribution in [3.05, 3.63) is 53.6 Å². The number of hydrogen-bond acceptors (Lipinski definition) is 6. The smallest absolute Gasteiger partial charge is 0.335 e. The number of anilines is 1. The molecule has 2 N–H and O–H groups in total. The summed E-state index contributed by atoms with van der Waals surface area (Å²) < 4.78 is 26.5. The van der Waals surface area contributed by atoms with Gasteiger partial charge in [0.2, 0.25) is 0 Å². The molecule has 0 heterocycles. The molecular formula is C14H9NO7S-2. The third-order valence-corrected chi connectivity index (χ3v) is 4.24. The van der Waals surface area contributed by atoms with Gasteiger partial charge in [0.1, 0.15) is 0 Å². The number of aromatic carboxylic acids is 2. The van der Waals surface area contributed by atoms with Crippen molar-refractivity contribution in [3.8, 4) is 5.75 Å². The molecule has 0 saturated carbocycles. The van der Waals surface area contributed by atoms with Crippen LogP contribution < -0.4 is 14.9 Å². The number of rotatable bonds is 5. The number of carboxylic acids is 2. The average molecular weight is 335 g/mol. The number of sulfonamides is 1. The zero-order valence-corrected chi connectivity index (χ0v) is 12.2. The molecule has 2 aromatic carbocycles. The average Bonchev–Trinajstić information content (AvgIpc) is 2.47. The minimum Gasteiger partial charge on any atom is -0.872 e. The van der Waals surface area contributed by atoms with Crippen LogP contribution in [0, 0.1) is 0 Å². The molecule has 0 aliphatic rings. The second-order valence-electron chi connectivity index (χ2n) is 4.43. The first-order valence-electron chi connectivity index (χ1n) is 6.09. The normalized spacial score (nSPS) is 11.0. The molecule has 0 spiro atoms. The molecule has 23 heavy (non-hydrogen) atoms. The predicted octanol–water partition coefficient (Wildman–Crippen LogP) is -0.377. The molecule has 0 radical (unpaired) electrons. The van der Waals surface area contributed by atoms with E-state index in [1.165, 1.54) is 12.1 Å². The number of nitrogens with one attached hydrogen (secondary N) is 1. The first-order valence-corrected chi connectivity index (χ1v) is 7.57. The Morgan fingerprint density at radius 1 is 1.04 bits per heavy atom. The second kappa shape index (κ2) is 5.97. The highest BCUT2D eigenvalue weighted by atomic mass is 32.2. The lowest BCUT2D eigenvalue weighted by Crippen LogP contribution is -2.22. The van der Waals surface area contributed by atoms with Gasteiger partial charge >= 0.3 is 5.97 Å². The van der Waals surface area contributed by atoms with Crippen LogP contribution in [-0.2, 0) is 10.0 Å². The van der Waals surface area contributed by atoms with Crippen molar-refractivity contribution in [1.82, 2.24) is 0 Å². The molecule has 0 atom stereocenters. The first kappa shape index (κ1) is 16.3. The van der Waals surface area contributed by atoms with Gasteiger partial charge in [-0.25, -0.2) is 13.2 Å². The van der Waals surface area contributed by atoms with Crippen LogP contribution in [0.2, 0.25) is 0 Å². The van der Waals surface area contributed by atoms with Crippen molar-refractivity contribution in [2.45, 2.75) is 4.90 Å². The molecule has 120 valence electrons. The molecule has 0 saturated heterocycles. The number of carbonyl (C=O) groups excluding carboxylic acids is 1. The van der Waals surface area contributed by atoms with E-state index in [0.29, 0.717) is 0 Å². The highest BCUT2D eigenvalue weighted by Crippen LogP contribution is 2.21. The highest BCUT2D eigenvalue weighted by molar-refractivity contribution is 7.92. The van der Waals surface area contributed by atoms with Crippen molar-refractivity contribution in [2.24, 2.45) is 0 Å². The Labute approximate surface area is 130 Å². The Bertz CT molecular complexity index is 872. The summed E-state index contributed by atoms with van der Waals surface area (Å²) in [5.74, 6) is -3.75. The van der Waals surface area contributed by atoms with Crippen molar-refractivity contribution >= 4 is 27.6 Å². The van der Waals surface area contributed by atoms with Crippen molar-refractivity contribution in [3.63, 3.8) is 0 Å². The van der Waals surface area contributed by atoms with Crippen LogP contribution in [0.4, 0.5) is 5.69 Å². The van der Waals surface area contributed by atoms with Crippen molar-refractivity contribution < 1.29 is 33.3 Å². The minimum atomic E-state index is -4.13. The largest absolute Gasteiger partial charge is 0.872 e. The molecule has 9 heteroatoms. The van der Waals surface area contributed by atoms with Gasteiger partial charge < -0.3 is 20.1 Å². The van der Waals surface area contributed by atoms with Crippen LogP contribution in [0.15, 0.2) is 47.4 Å². The summed E-state index contributed by atoms with van der Waals surface area (Å²) in [6, 6.07) is 7.30. The number of carboxylic acid groups (broad SMARTS) is 2. The fourth-order valence-corrected chi connectivity index (χ4v) is 2.82. The van der Waals surface area contributed by atoms with Crippen LogP contribution in [0.3, 0.4) is 0 Å². The van der Waals surface area contributed by atoms with E-state index in [0.717, 1.165) is 30.3 Å².